The first-order chi connectivity index (χ1) is 12.0. The Kier molecular flexibility index (Phi) is 4.39. The van der Waals surface area contributed by atoms with Crippen LogP contribution in [0, 0.1) is 6.92 Å². The van der Waals surface area contributed by atoms with Gasteiger partial charge in [-0.25, -0.2) is 8.42 Å². The lowest BCUT2D eigenvalue weighted by Gasteiger charge is -2.43. The maximum Gasteiger partial charge on any atom is 0.153 e. The smallest absolute Gasteiger partial charge is 0.153 e. The number of aromatic nitrogens is 1. The van der Waals surface area contributed by atoms with E-state index in [1.807, 2.05) is 37.4 Å². The van der Waals surface area contributed by atoms with Crippen molar-refractivity contribution in [2.45, 2.75) is 32.1 Å². The van der Waals surface area contributed by atoms with Crippen LogP contribution in [0.1, 0.15) is 17.1 Å². The Bertz CT molecular complexity index is 834. The van der Waals surface area contributed by atoms with E-state index in [1.54, 1.807) is 6.20 Å². The van der Waals surface area contributed by atoms with E-state index in [2.05, 4.69) is 14.8 Å². The third-order valence-corrected chi connectivity index (χ3v) is 6.87. The molecule has 4 rings (SSSR count). The molecule has 0 unspecified atom stereocenters. The number of pyridine rings is 1. The van der Waals surface area contributed by atoms with Crippen LogP contribution in [0.15, 0.2) is 41.1 Å². The fraction of sp³-hybridized carbons (Fsp3) is 0.500. The van der Waals surface area contributed by atoms with Crippen molar-refractivity contribution in [3.05, 3.63) is 53.7 Å². The first-order valence-electron chi connectivity index (χ1n) is 8.63. The van der Waals surface area contributed by atoms with Gasteiger partial charge in [0, 0.05) is 44.1 Å². The lowest BCUT2D eigenvalue weighted by molar-refractivity contribution is 0.0315. The summed E-state index contributed by atoms with van der Waals surface area (Å²) in [5.74, 6) is 2.27. The van der Waals surface area contributed by atoms with Gasteiger partial charge < -0.3 is 4.42 Å². The molecular formula is C18H23N3O3S. The molecule has 7 heteroatoms. The highest BCUT2D eigenvalue weighted by atomic mass is 32.2. The van der Waals surface area contributed by atoms with E-state index >= 15 is 0 Å². The third-order valence-electron chi connectivity index (χ3n) is 5.17. The monoisotopic (exact) mass is 361 g/mol. The zero-order chi connectivity index (χ0) is 17.4. The van der Waals surface area contributed by atoms with Crippen molar-refractivity contribution in [1.82, 2.24) is 14.8 Å². The van der Waals surface area contributed by atoms with Crippen LogP contribution >= 0.6 is 0 Å². The van der Waals surface area contributed by atoms with E-state index in [1.165, 1.54) is 0 Å². The zero-order valence-electron chi connectivity index (χ0n) is 14.3. The van der Waals surface area contributed by atoms with Crippen molar-refractivity contribution in [3.63, 3.8) is 0 Å². The average molecular weight is 361 g/mol. The van der Waals surface area contributed by atoms with Gasteiger partial charge in [-0.15, -0.1) is 0 Å². The molecule has 0 aliphatic carbocycles. The molecule has 2 fully saturated rings. The number of piperazine rings is 1. The van der Waals surface area contributed by atoms with Crippen molar-refractivity contribution in [1.29, 1.82) is 0 Å². The van der Waals surface area contributed by atoms with Gasteiger partial charge in [0.2, 0.25) is 0 Å². The third kappa shape index (κ3) is 3.63. The van der Waals surface area contributed by atoms with Crippen molar-refractivity contribution in [3.8, 4) is 0 Å². The molecule has 0 amide bonds. The molecule has 25 heavy (non-hydrogen) atoms. The summed E-state index contributed by atoms with van der Waals surface area (Å²) >= 11 is 0. The maximum atomic E-state index is 12.3. The first-order valence-corrected chi connectivity index (χ1v) is 10.4. The topological polar surface area (TPSA) is 66.7 Å². The lowest BCUT2D eigenvalue weighted by atomic mass is 10.0. The highest BCUT2D eigenvalue weighted by molar-refractivity contribution is 7.91. The summed E-state index contributed by atoms with van der Waals surface area (Å²) < 4.78 is 30.3. The van der Waals surface area contributed by atoms with Crippen molar-refractivity contribution >= 4 is 9.84 Å². The molecule has 2 aliphatic heterocycles. The van der Waals surface area contributed by atoms with Crippen molar-refractivity contribution in [2.24, 2.45) is 0 Å². The highest BCUT2D eigenvalue weighted by Crippen LogP contribution is 2.29. The number of nitrogens with zero attached hydrogens (tertiary/aromatic N) is 3. The van der Waals surface area contributed by atoms with Crippen LogP contribution in [0.25, 0.3) is 0 Å². The van der Waals surface area contributed by atoms with Gasteiger partial charge >= 0.3 is 0 Å². The normalized spacial score (nSPS) is 26.6. The second kappa shape index (κ2) is 6.55. The van der Waals surface area contributed by atoms with E-state index < -0.39 is 9.84 Å². The zero-order valence-corrected chi connectivity index (χ0v) is 15.2. The first kappa shape index (κ1) is 16.8. The van der Waals surface area contributed by atoms with Crippen LogP contribution < -0.4 is 0 Å². The molecule has 2 saturated heterocycles. The number of aryl methyl sites for hydroxylation is 1. The number of furan rings is 1. The van der Waals surface area contributed by atoms with Crippen LogP contribution in [0.5, 0.6) is 0 Å². The number of hydrogen-bond acceptors (Lipinski definition) is 6. The Balaban J connectivity index is 1.53. The standard InChI is InChI=1S/C18H23N3O3S/c1-14-4-5-16(24-14)11-21-8-7-20(10-15-3-2-6-19-9-15)17-12-25(22,23)13-18(17)21/h2-6,9,17-18H,7-8,10-13H2,1H3/t17-,18+/m0/s1. The fourth-order valence-corrected chi connectivity index (χ4v) is 6.03. The number of fused-ring (bicyclic) bond motifs is 1. The van der Waals surface area contributed by atoms with E-state index in [-0.39, 0.29) is 23.6 Å². The summed E-state index contributed by atoms with van der Waals surface area (Å²) in [6.45, 7) is 5.05. The molecule has 4 heterocycles. The number of sulfone groups is 1. The number of rotatable bonds is 4. The van der Waals surface area contributed by atoms with Crippen LogP contribution in [0.2, 0.25) is 0 Å². The largest absolute Gasteiger partial charge is 0.465 e. The molecule has 0 N–H and O–H groups in total. The van der Waals surface area contributed by atoms with Gasteiger partial charge in [-0.3, -0.25) is 14.8 Å². The minimum absolute atomic E-state index is 0.0285. The summed E-state index contributed by atoms with van der Waals surface area (Å²) in [5.41, 5.74) is 1.13. The van der Waals surface area contributed by atoms with Gasteiger partial charge in [0.1, 0.15) is 11.5 Å². The molecule has 0 bridgehead atoms. The molecule has 0 saturated carbocycles. The molecule has 0 aromatic carbocycles. The summed E-state index contributed by atoms with van der Waals surface area (Å²) in [7, 11) is -3.00. The molecule has 2 aromatic heterocycles. The Morgan fingerprint density at radius 1 is 1.12 bits per heavy atom. The van der Waals surface area contributed by atoms with Crippen molar-refractivity contribution < 1.29 is 12.8 Å². The Labute approximate surface area is 148 Å². The molecule has 134 valence electrons. The lowest BCUT2D eigenvalue weighted by Crippen LogP contribution is -2.58. The van der Waals surface area contributed by atoms with E-state index in [0.29, 0.717) is 6.54 Å². The maximum absolute atomic E-state index is 12.3. The minimum atomic E-state index is -3.00. The molecule has 2 aromatic rings. The summed E-state index contributed by atoms with van der Waals surface area (Å²) in [6.07, 6.45) is 3.62. The van der Waals surface area contributed by atoms with Gasteiger partial charge in [0.05, 0.1) is 18.1 Å². The van der Waals surface area contributed by atoms with Gasteiger partial charge in [0.25, 0.3) is 0 Å². The van der Waals surface area contributed by atoms with Gasteiger partial charge in [-0.2, -0.15) is 0 Å². The molecule has 0 spiro atoms. The molecule has 2 aliphatic rings. The van der Waals surface area contributed by atoms with E-state index in [9.17, 15) is 8.42 Å². The van der Waals surface area contributed by atoms with E-state index in [4.69, 9.17) is 4.42 Å². The summed E-state index contributed by atoms with van der Waals surface area (Å²) in [6, 6.07) is 7.97. The van der Waals surface area contributed by atoms with Crippen LogP contribution in [0.3, 0.4) is 0 Å². The molecular weight excluding hydrogens is 338 g/mol. The SMILES string of the molecule is Cc1ccc(CN2CCN(Cc3cccnc3)[C@H]3CS(=O)(=O)C[C@H]32)o1. The highest BCUT2D eigenvalue weighted by Gasteiger charge is 2.46. The predicted octanol–water partition coefficient (Wildman–Crippen LogP) is 1.47. The van der Waals surface area contributed by atoms with Crippen molar-refractivity contribution in [2.75, 3.05) is 24.6 Å². The second-order valence-electron chi connectivity index (χ2n) is 7.03. The second-order valence-corrected chi connectivity index (χ2v) is 9.18. The van der Waals surface area contributed by atoms with Gasteiger partial charge in [0.15, 0.2) is 9.84 Å². The minimum Gasteiger partial charge on any atom is -0.465 e. The Morgan fingerprint density at radius 3 is 2.44 bits per heavy atom. The molecule has 6 nitrogen and oxygen atoms in total. The van der Waals surface area contributed by atoms with Gasteiger partial charge in [-0.05, 0) is 30.7 Å². The molecule has 0 radical (unpaired) electrons. The van der Waals surface area contributed by atoms with Crippen LogP contribution in [0.4, 0.5) is 0 Å². The van der Waals surface area contributed by atoms with E-state index in [0.717, 1.165) is 36.7 Å². The average Bonchev–Trinajstić information content (AvgIpc) is 3.13. The summed E-state index contributed by atoms with van der Waals surface area (Å²) in [4.78, 5) is 8.74. The quantitative estimate of drug-likeness (QED) is 0.822. The van der Waals surface area contributed by atoms with Gasteiger partial charge in [-0.1, -0.05) is 6.07 Å². The van der Waals surface area contributed by atoms with Crippen LogP contribution in [-0.2, 0) is 22.9 Å². The fourth-order valence-electron chi connectivity index (χ4n) is 3.99. The van der Waals surface area contributed by atoms with Crippen LogP contribution in [-0.4, -0.2) is 59.9 Å². The number of hydrogen-bond donors (Lipinski definition) is 0. The Hall–Kier alpha value is -1.70. The predicted molar refractivity (Wildman–Crippen MR) is 94.7 cm³/mol. The molecule has 2 atom stereocenters. The Morgan fingerprint density at radius 2 is 1.84 bits per heavy atom. The summed E-state index contributed by atoms with van der Waals surface area (Å²) in [5, 5.41) is 0.